The number of rotatable bonds is 5. The predicted molar refractivity (Wildman–Crippen MR) is 75.1 cm³/mol. The van der Waals surface area contributed by atoms with Crippen LogP contribution in [0.3, 0.4) is 0 Å². The average Bonchev–Trinajstić information content (AvgIpc) is 2.89. The highest BCUT2D eigenvalue weighted by Gasteiger charge is 2.32. The Balaban J connectivity index is 1.90. The summed E-state index contributed by atoms with van der Waals surface area (Å²) in [4.78, 5) is 26.5. The molecule has 21 heavy (non-hydrogen) atoms. The zero-order chi connectivity index (χ0) is 15.4. The first-order chi connectivity index (χ1) is 9.97. The molecule has 0 saturated carbocycles. The highest BCUT2D eigenvalue weighted by atomic mass is 19.1. The van der Waals surface area contributed by atoms with Crippen LogP contribution in [0.2, 0.25) is 0 Å². The topological polar surface area (TPSA) is 60.9 Å². The molecule has 0 spiro atoms. The molecule has 1 aromatic rings. The summed E-state index contributed by atoms with van der Waals surface area (Å²) in [5.41, 5.74) is 0.837. The molecule has 1 amide bonds. The van der Waals surface area contributed by atoms with Crippen molar-refractivity contribution in [3.8, 4) is 0 Å². The molecule has 1 aliphatic heterocycles. The average molecular weight is 294 g/mol. The van der Waals surface area contributed by atoms with Gasteiger partial charge in [-0.1, -0.05) is 12.1 Å². The number of halogens is 1. The maximum Gasteiger partial charge on any atom is 0.320 e. The first kappa shape index (κ1) is 15.4. The maximum absolute atomic E-state index is 12.8. The number of likely N-dealkylation sites (tertiary alicyclic amines) is 1. The number of hydrogen-bond donors (Lipinski definition) is 1. The van der Waals surface area contributed by atoms with Crippen molar-refractivity contribution in [2.45, 2.75) is 25.4 Å². The lowest BCUT2D eigenvalue weighted by Crippen LogP contribution is -2.43. The van der Waals surface area contributed by atoms with Crippen LogP contribution in [0.25, 0.3) is 0 Å². The Morgan fingerprint density at radius 1 is 1.38 bits per heavy atom. The van der Waals surface area contributed by atoms with Crippen molar-refractivity contribution in [1.82, 2.24) is 9.80 Å². The number of likely N-dealkylation sites (N-methyl/N-ethyl adjacent to an activating group) is 1. The second-order valence-electron chi connectivity index (χ2n) is 5.34. The van der Waals surface area contributed by atoms with Gasteiger partial charge >= 0.3 is 5.97 Å². The first-order valence-corrected chi connectivity index (χ1v) is 6.92. The minimum absolute atomic E-state index is 0.106. The summed E-state index contributed by atoms with van der Waals surface area (Å²) >= 11 is 0. The Morgan fingerprint density at radius 3 is 2.67 bits per heavy atom. The van der Waals surface area contributed by atoms with Gasteiger partial charge in [0.05, 0.1) is 6.54 Å². The van der Waals surface area contributed by atoms with Crippen molar-refractivity contribution >= 4 is 11.9 Å². The van der Waals surface area contributed by atoms with Gasteiger partial charge in [-0.15, -0.1) is 0 Å². The van der Waals surface area contributed by atoms with Crippen LogP contribution in [0.5, 0.6) is 0 Å². The van der Waals surface area contributed by atoms with Gasteiger partial charge in [0.25, 0.3) is 0 Å². The third-order valence-electron chi connectivity index (χ3n) is 3.75. The number of carboxylic acids is 1. The molecular weight excluding hydrogens is 275 g/mol. The van der Waals surface area contributed by atoms with E-state index in [9.17, 15) is 14.0 Å². The molecule has 5 nitrogen and oxygen atoms in total. The summed E-state index contributed by atoms with van der Waals surface area (Å²) < 4.78 is 12.8. The highest BCUT2D eigenvalue weighted by molar-refractivity contribution is 5.80. The van der Waals surface area contributed by atoms with Crippen LogP contribution in [-0.4, -0.2) is 53.0 Å². The van der Waals surface area contributed by atoms with Crippen molar-refractivity contribution < 1.29 is 19.1 Å². The second-order valence-corrected chi connectivity index (χ2v) is 5.34. The lowest BCUT2D eigenvalue weighted by Gasteiger charge is -2.24. The number of nitrogens with zero attached hydrogens (tertiary/aromatic N) is 2. The molecule has 114 valence electrons. The summed E-state index contributed by atoms with van der Waals surface area (Å²) in [7, 11) is 1.66. The maximum atomic E-state index is 12.8. The molecule has 2 rings (SSSR count). The van der Waals surface area contributed by atoms with Gasteiger partial charge in [0, 0.05) is 13.6 Å². The lowest BCUT2D eigenvalue weighted by atomic mass is 10.2. The SMILES string of the molecule is CN(Cc1ccc(F)cc1)C(=O)CN1CCC[C@@H]1C(=O)O. The van der Waals surface area contributed by atoms with Crippen molar-refractivity contribution in [3.05, 3.63) is 35.6 Å². The third-order valence-corrected chi connectivity index (χ3v) is 3.75. The van der Waals surface area contributed by atoms with Gasteiger partial charge in [-0.2, -0.15) is 0 Å². The van der Waals surface area contributed by atoms with Crippen LogP contribution in [0, 0.1) is 5.82 Å². The van der Waals surface area contributed by atoms with E-state index >= 15 is 0 Å². The van der Waals surface area contributed by atoms with E-state index in [0.717, 1.165) is 12.0 Å². The Kier molecular flexibility index (Phi) is 4.90. The molecule has 0 radical (unpaired) electrons. The van der Waals surface area contributed by atoms with Gasteiger partial charge in [-0.05, 0) is 37.1 Å². The van der Waals surface area contributed by atoms with E-state index in [1.165, 1.54) is 17.0 Å². The number of amides is 1. The smallest absolute Gasteiger partial charge is 0.320 e. The molecule has 0 aliphatic carbocycles. The van der Waals surface area contributed by atoms with E-state index in [1.807, 2.05) is 0 Å². The quantitative estimate of drug-likeness (QED) is 0.890. The third kappa shape index (κ3) is 4.01. The van der Waals surface area contributed by atoms with Crippen molar-refractivity contribution in [2.24, 2.45) is 0 Å². The summed E-state index contributed by atoms with van der Waals surface area (Å²) in [6, 6.07) is 5.42. The van der Waals surface area contributed by atoms with Crippen LogP contribution in [-0.2, 0) is 16.1 Å². The standard InChI is InChI=1S/C15H19FN2O3/c1-17(9-11-4-6-12(16)7-5-11)14(19)10-18-8-2-3-13(18)15(20)21/h4-7,13H,2-3,8-10H2,1H3,(H,20,21)/t13-/m1/s1. The summed E-state index contributed by atoms with van der Waals surface area (Å²) in [6.45, 7) is 1.12. The minimum atomic E-state index is -0.874. The molecule has 1 atom stereocenters. The molecule has 6 heteroatoms. The van der Waals surface area contributed by atoms with Gasteiger partial charge in [-0.3, -0.25) is 14.5 Å². The van der Waals surface area contributed by atoms with Crippen LogP contribution in [0.4, 0.5) is 4.39 Å². The van der Waals surface area contributed by atoms with E-state index < -0.39 is 12.0 Å². The van der Waals surface area contributed by atoms with E-state index in [-0.39, 0.29) is 18.3 Å². The zero-order valence-corrected chi connectivity index (χ0v) is 12.0. The Hall–Kier alpha value is -1.95. The molecular formula is C15H19FN2O3. The van der Waals surface area contributed by atoms with Crippen molar-refractivity contribution in [2.75, 3.05) is 20.1 Å². The molecule has 1 heterocycles. The van der Waals surface area contributed by atoms with Crippen LogP contribution < -0.4 is 0 Å². The Morgan fingerprint density at radius 2 is 2.05 bits per heavy atom. The molecule has 0 bridgehead atoms. The fourth-order valence-electron chi connectivity index (χ4n) is 2.54. The van der Waals surface area contributed by atoms with E-state index in [4.69, 9.17) is 5.11 Å². The minimum Gasteiger partial charge on any atom is -0.480 e. The van der Waals surface area contributed by atoms with Crippen LogP contribution in [0.1, 0.15) is 18.4 Å². The largest absolute Gasteiger partial charge is 0.480 e. The van der Waals surface area contributed by atoms with Gasteiger partial charge in [0.15, 0.2) is 0 Å². The predicted octanol–water partition coefficient (Wildman–Crippen LogP) is 1.33. The molecule has 1 fully saturated rings. The number of carboxylic acid groups (broad SMARTS) is 1. The first-order valence-electron chi connectivity index (χ1n) is 6.92. The zero-order valence-electron chi connectivity index (χ0n) is 12.0. The molecule has 1 saturated heterocycles. The van der Waals surface area contributed by atoms with E-state index in [1.54, 1.807) is 24.1 Å². The van der Waals surface area contributed by atoms with Crippen LogP contribution >= 0.6 is 0 Å². The second kappa shape index (κ2) is 6.67. The molecule has 0 aromatic heterocycles. The number of aliphatic carboxylic acids is 1. The number of benzene rings is 1. The Labute approximate surface area is 123 Å². The number of carbonyl (C=O) groups is 2. The van der Waals surface area contributed by atoms with E-state index in [0.29, 0.717) is 19.5 Å². The highest BCUT2D eigenvalue weighted by Crippen LogP contribution is 2.17. The monoisotopic (exact) mass is 294 g/mol. The number of carbonyl (C=O) groups excluding carboxylic acids is 1. The van der Waals surface area contributed by atoms with Crippen molar-refractivity contribution in [3.63, 3.8) is 0 Å². The van der Waals surface area contributed by atoms with Gasteiger partial charge in [-0.25, -0.2) is 4.39 Å². The fraction of sp³-hybridized carbons (Fsp3) is 0.467. The number of hydrogen-bond acceptors (Lipinski definition) is 3. The molecule has 0 unspecified atom stereocenters. The summed E-state index contributed by atoms with van der Waals surface area (Å²) in [6.07, 6.45) is 1.39. The fourth-order valence-corrected chi connectivity index (χ4v) is 2.54. The summed E-state index contributed by atoms with van der Waals surface area (Å²) in [5, 5.41) is 9.09. The summed E-state index contributed by atoms with van der Waals surface area (Å²) in [5.74, 6) is -1.32. The van der Waals surface area contributed by atoms with Gasteiger partial charge in [0.1, 0.15) is 11.9 Å². The van der Waals surface area contributed by atoms with E-state index in [2.05, 4.69) is 0 Å². The molecule has 1 N–H and O–H groups in total. The molecule has 1 aromatic carbocycles. The normalized spacial score (nSPS) is 18.7. The van der Waals surface area contributed by atoms with Gasteiger partial charge in [0.2, 0.25) is 5.91 Å². The Bertz CT molecular complexity index is 518. The van der Waals surface area contributed by atoms with Crippen LogP contribution in [0.15, 0.2) is 24.3 Å². The molecule has 1 aliphatic rings. The van der Waals surface area contributed by atoms with Gasteiger partial charge < -0.3 is 10.0 Å². The van der Waals surface area contributed by atoms with Crippen molar-refractivity contribution in [1.29, 1.82) is 0 Å². The lowest BCUT2D eigenvalue weighted by molar-refractivity contribution is -0.143.